The fraction of sp³-hybridized carbons (Fsp3) is 0.0588. The minimum Gasteiger partial charge on any atom is -0.324 e. The highest BCUT2D eigenvalue weighted by Gasteiger charge is 2.28. The molecule has 1 unspecified atom stereocenters. The number of anilines is 1. The lowest BCUT2D eigenvalue weighted by Crippen LogP contribution is -2.28. The first-order valence-corrected chi connectivity index (χ1v) is 7.38. The SMILES string of the molecule is N#CC(C(=O)Nc1cccc(Cl)c1)C(=O)c1ccn2cncc2c1. The van der Waals surface area contributed by atoms with Crippen molar-refractivity contribution in [1.29, 1.82) is 5.26 Å². The normalized spacial score (nSPS) is 11.7. The van der Waals surface area contributed by atoms with Gasteiger partial charge in [-0.2, -0.15) is 5.26 Å². The Bertz CT molecular complexity index is 974. The van der Waals surface area contributed by atoms with Gasteiger partial charge in [0.05, 0.1) is 24.1 Å². The third-order valence-corrected chi connectivity index (χ3v) is 3.68. The lowest BCUT2D eigenvalue weighted by atomic mass is 9.98. The van der Waals surface area contributed by atoms with Crippen molar-refractivity contribution < 1.29 is 9.59 Å². The van der Waals surface area contributed by atoms with Gasteiger partial charge in [0.2, 0.25) is 5.91 Å². The number of Topliss-reactive ketones (excluding diaryl/α,β-unsaturated/α-hetero) is 1. The van der Waals surface area contributed by atoms with Crippen LogP contribution >= 0.6 is 11.6 Å². The van der Waals surface area contributed by atoms with Crippen LogP contribution in [-0.2, 0) is 4.79 Å². The van der Waals surface area contributed by atoms with Gasteiger partial charge in [-0.25, -0.2) is 4.98 Å². The van der Waals surface area contributed by atoms with E-state index < -0.39 is 17.6 Å². The van der Waals surface area contributed by atoms with Crippen molar-refractivity contribution in [2.75, 3.05) is 5.32 Å². The Labute approximate surface area is 142 Å². The van der Waals surface area contributed by atoms with E-state index in [9.17, 15) is 14.9 Å². The van der Waals surface area contributed by atoms with E-state index in [1.807, 2.05) is 0 Å². The summed E-state index contributed by atoms with van der Waals surface area (Å²) in [5.41, 5.74) is 1.40. The largest absolute Gasteiger partial charge is 0.324 e. The molecule has 24 heavy (non-hydrogen) atoms. The van der Waals surface area contributed by atoms with Crippen LogP contribution in [0.3, 0.4) is 0 Å². The van der Waals surface area contributed by atoms with Crippen molar-refractivity contribution >= 4 is 34.5 Å². The van der Waals surface area contributed by atoms with Gasteiger partial charge in [-0.05, 0) is 30.3 Å². The number of rotatable bonds is 4. The molecule has 1 N–H and O–H groups in total. The van der Waals surface area contributed by atoms with E-state index in [4.69, 9.17) is 11.6 Å². The maximum atomic E-state index is 12.5. The van der Waals surface area contributed by atoms with Crippen LogP contribution in [0.4, 0.5) is 5.69 Å². The van der Waals surface area contributed by atoms with Crippen LogP contribution in [0.2, 0.25) is 5.02 Å². The summed E-state index contributed by atoms with van der Waals surface area (Å²) in [6.45, 7) is 0. The average molecular weight is 339 g/mol. The number of carbonyl (C=O) groups excluding carboxylic acids is 2. The van der Waals surface area contributed by atoms with E-state index >= 15 is 0 Å². The average Bonchev–Trinajstić information content (AvgIpc) is 3.03. The van der Waals surface area contributed by atoms with Gasteiger partial charge in [-0.1, -0.05) is 17.7 Å². The minimum atomic E-state index is -1.45. The summed E-state index contributed by atoms with van der Waals surface area (Å²) in [6.07, 6.45) is 4.83. The molecule has 0 radical (unpaired) electrons. The van der Waals surface area contributed by atoms with E-state index in [0.717, 1.165) is 0 Å². The van der Waals surface area contributed by atoms with Crippen LogP contribution in [0.1, 0.15) is 10.4 Å². The number of hydrogen-bond donors (Lipinski definition) is 1. The topological polar surface area (TPSA) is 87.3 Å². The molecular weight excluding hydrogens is 328 g/mol. The number of nitrogens with zero attached hydrogens (tertiary/aromatic N) is 3. The zero-order chi connectivity index (χ0) is 17.1. The van der Waals surface area contributed by atoms with Crippen LogP contribution in [0, 0.1) is 17.2 Å². The molecule has 2 heterocycles. The van der Waals surface area contributed by atoms with Gasteiger partial charge in [-0.15, -0.1) is 0 Å². The molecule has 3 rings (SSSR count). The molecule has 1 atom stereocenters. The summed E-state index contributed by atoms with van der Waals surface area (Å²) in [7, 11) is 0. The molecule has 3 aromatic rings. The number of fused-ring (bicyclic) bond motifs is 1. The first-order chi connectivity index (χ1) is 11.6. The summed E-state index contributed by atoms with van der Waals surface area (Å²) in [6, 6.07) is 11.4. The maximum absolute atomic E-state index is 12.5. The van der Waals surface area contributed by atoms with Crippen molar-refractivity contribution in [3.63, 3.8) is 0 Å². The van der Waals surface area contributed by atoms with Gasteiger partial charge in [0, 0.05) is 22.5 Å². The van der Waals surface area contributed by atoms with Crippen LogP contribution in [0.15, 0.2) is 55.1 Å². The molecule has 2 aromatic heterocycles. The molecule has 0 saturated heterocycles. The number of benzene rings is 1. The quantitative estimate of drug-likeness (QED) is 0.585. The van der Waals surface area contributed by atoms with Crippen LogP contribution in [-0.4, -0.2) is 21.1 Å². The van der Waals surface area contributed by atoms with E-state index in [-0.39, 0.29) is 5.56 Å². The molecule has 6 nitrogen and oxygen atoms in total. The van der Waals surface area contributed by atoms with E-state index in [1.54, 1.807) is 59.5 Å². The number of amides is 1. The molecule has 118 valence electrons. The number of ketones is 1. The lowest BCUT2D eigenvalue weighted by molar-refractivity contribution is -0.117. The molecule has 0 aliphatic carbocycles. The molecule has 0 bridgehead atoms. The third-order valence-electron chi connectivity index (χ3n) is 3.44. The number of hydrogen-bond acceptors (Lipinski definition) is 4. The Hall–Kier alpha value is -3.17. The second kappa shape index (κ2) is 6.52. The predicted molar refractivity (Wildman–Crippen MR) is 88.7 cm³/mol. The van der Waals surface area contributed by atoms with Gasteiger partial charge in [0.25, 0.3) is 0 Å². The predicted octanol–water partition coefficient (Wildman–Crippen LogP) is 2.95. The van der Waals surface area contributed by atoms with E-state index in [1.165, 1.54) is 6.07 Å². The molecule has 0 fully saturated rings. The Morgan fingerprint density at radius 2 is 2.12 bits per heavy atom. The van der Waals surface area contributed by atoms with Crippen LogP contribution < -0.4 is 5.32 Å². The Morgan fingerprint density at radius 1 is 1.29 bits per heavy atom. The maximum Gasteiger partial charge on any atom is 0.249 e. The van der Waals surface area contributed by atoms with Crippen LogP contribution in [0.5, 0.6) is 0 Å². The molecule has 0 spiro atoms. The smallest absolute Gasteiger partial charge is 0.249 e. The Kier molecular flexibility index (Phi) is 4.27. The lowest BCUT2D eigenvalue weighted by Gasteiger charge is -2.10. The number of nitrogens with one attached hydrogen (secondary N) is 1. The summed E-state index contributed by atoms with van der Waals surface area (Å²) in [5.74, 6) is -2.71. The number of aromatic nitrogens is 2. The number of imidazole rings is 1. The number of pyridine rings is 1. The van der Waals surface area contributed by atoms with Crippen molar-refractivity contribution in [2.24, 2.45) is 5.92 Å². The van der Waals surface area contributed by atoms with E-state index in [2.05, 4.69) is 10.3 Å². The second-order valence-electron chi connectivity index (χ2n) is 5.07. The van der Waals surface area contributed by atoms with E-state index in [0.29, 0.717) is 16.2 Å². The highest BCUT2D eigenvalue weighted by Crippen LogP contribution is 2.17. The number of carbonyl (C=O) groups is 2. The zero-order valence-corrected chi connectivity index (χ0v) is 13.1. The van der Waals surface area contributed by atoms with Gasteiger partial charge >= 0.3 is 0 Å². The third kappa shape index (κ3) is 3.12. The highest BCUT2D eigenvalue weighted by molar-refractivity contribution is 6.31. The Morgan fingerprint density at radius 3 is 2.88 bits per heavy atom. The molecule has 0 saturated carbocycles. The minimum absolute atomic E-state index is 0.274. The van der Waals surface area contributed by atoms with Gasteiger partial charge in [-0.3, -0.25) is 9.59 Å². The molecule has 1 aromatic carbocycles. The molecule has 0 aliphatic rings. The molecule has 7 heteroatoms. The standard InChI is InChI=1S/C17H11ClN4O2/c18-12-2-1-3-13(7-12)21-17(24)15(8-19)16(23)11-4-5-22-10-20-9-14(22)6-11/h1-7,9-10,15H,(H,21,24). The van der Waals surface area contributed by atoms with Gasteiger partial charge < -0.3 is 9.72 Å². The van der Waals surface area contributed by atoms with Crippen molar-refractivity contribution in [1.82, 2.24) is 9.38 Å². The fourth-order valence-electron chi connectivity index (χ4n) is 2.26. The first-order valence-electron chi connectivity index (χ1n) is 7.00. The molecule has 0 aliphatic heterocycles. The summed E-state index contributed by atoms with van der Waals surface area (Å²) in [4.78, 5) is 28.7. The second-order valence-corrected chi connectivity index (χ2v) is 5.50. The highest BCUT2D eigenvalue weighted by atomic mass is 35.5. The first kappa shape index (κ1) is 15.7. The zero-order valence-electron chi connectivity index (χ0n) is 12.3. The molecule has 1 amide bonds. The monoisotopic (exact) mass is 338 g/mol. The number of halogens is 1. The molecular formula is C17H11ClN4O2. The number of nitriles is 1. The van der Waals surface area contributed by atoms with Crippen molar-refractivity contribution in [3.05, 3.63) is 65.7 Å². The van der Waals surface area contributed by atoms with Gasteiger partial charge in [0.15, 0.2) is 11.7 Å². The Balaban J connectivity index is 1.83. The summed E-state index contributed by atoms with van der Waals surface area (Å²) in [5, 5.41) is 12.2. The van der Waals surface area contributed by atoms with Crippen molar-refractivity contribution in [3.8, 4) is 6.07 Å². The van der Waals surface area contributed by atoms with Crippen molar-refractivity contribution in [2.45, 2.75) is 0 Å². The van der Waals surface area contributed by atoms with Gasteiger partial charge in [0.1, 0.15) is 0 Å². The fourth-order valence-corrected chi connectivity index (χ4v) is 2.45. The summed E-state index contributed by atoms with van der Waals surface area (Å²) < 4.78 is 1.73. The van der Waals surface area contributed by atoms with Crippen LogP contribution in [0.25, 0.3) is 5.52 Å². The summed E-state index contributed by atoms with van der Waals surface area (Å²) >= 11 is 5.85.